The van der Waals surface area contributed by atoms with Crippen LogP contribution in [0.4, 0.5) is 0 Å². The fraction of sp³-hybridized carbons (Fsp3) is 0.357. The Morgan fingerprint density at radius 2 is 2.11 bits per heavy atom. The number of nitrogens with one attached hydrogen (secondary N) is 1. The van der Waals surface area contributed by atoms with E-state index in [4.69, 9.17) is 16.7 Å². The molecule has 0 saturated heterocycles. The molecule has 0 aliphatic heterocycles. The average Bonchev–Trinajstić information content (AvgIpc) is 2.34. The van der Waals surface area contributed by atoms with Crippen molar-refractivity contribution in [3.8, 4) is 0 Å². The summed E-state index contributed by atoms with van der Waals surface area (Å²) in [5, 5.41) is 12.5. The molecule has 2 N–H and O–H groups in total. The number of aliphatic hydroxyl groups excluding tert-OH is 1. The molecule has 0 aliphatic carbocycles. The zero-order valence-corrected chi connectivity index (χ0v) is 11.3. The van der Waals surface area contributed by atoms with Gasteiger partial charge in [-0.2, -0.15) is 0 Å². The predicted molar refractivity (Wildman–Crippen MR) is 74.3 cm³/mol. The molecule has 1 atom stereocenters. The van der Waals surface area contributed by atoms with Crippen molar-refractivity contribution in [2.45, 2.75) is 19.9 Å². The van der Waals surface area contributed by atoms with Crippen molar-refractivity contribution < 1.29 is 9.90 Å². The molecule has 0 spiro atoms. The van der Waals surface area contributed by atoms with Gasteiger partial charge in [-0.15, -0.1) is 0 Å². The first-order chi connectivity index (χ1) is 8.54. The Morgan fingerprint density at radius 1 is 1.44 bits per heavy atom. The number of halogens is 1. The van der Waals surface area contributed by atoms with Crippen molar-refractivity contribution in [2.24, 2.45) is 5.92 Å². The number of aliphatic hydroxyl groups is 1. The smallest absolute Gasteiger partial charge is 0.244 e. The van der Waals surface area contributed by atoms with E-state index in [1.165, 1.54) is 6.08 Å². The van der Waals surface area contributed by atoms with Gasteiger partial charge in [0.1, 0.15) is 0 Å². The molecule has 98 valence electrons. The Balaban J connectivity index is 2.62. The van der Waals surface area contributed by atoms with Crippen molar-refractivity contribution in [1.82, 2.24) is 5.32 Å². The maximum atomic E-state index is 11.6. The van der Waals surface area contributed by atoms with E-state index >= 15 is 0 Å². The van der Waals surface area contributed by atoms with Gasteiger partial charge in [-0.05, 0) is 23.6 Å². The number of benzene rings is 1. The highest BCUT2D eigenvalue weighted by atomic mass is 35.5. The minimum absolute atomic E-state index is 0.0661. The number of hydrogen-bond acceptors (Lipinski definition) is 2. The molecule has 0 bridgehead atoms. The van der Waals surface area contributed by atoms with Gasteiger partial charge >= 0.3 is 0 Å². The average molecular weight is 268 g/mol. The van der Waals surface area contributed by atoms with E-state index in [9.17, 15) is 4.79 Å². The molecule has 4 heteroatoms. The van der Waals surface area contributed by atoms with Crippen molar-refractivity contribution in [1.29, 1.82) is 0 Å². The van der Waals surface area contributed by atoms with Gasteiger partial charge in [-0.3, -0.25) is 4.79 Å². The third-order valence-corrected chi connectivity index (χ3v) is 2.99. The number of carbonyl (C=O) groups is 1. The minimum Gasteiger partial charge on any atom is -0.394 e. The highest BCUT2D eigenvalue weighted by molar-refractivity contribution is 6.32. The third-order valence-electron chi connectivity index (χ3n) is 2.65. The third kappa shape index (κ3) is 4.51. The van der Waals surface area contributed by atoms with E-state index in [1.54, 1.807) is 12.1 Å². The van der Waals surface area contributed by atoms with Crippen LogP contribution in [0.3, 0.4) is 0 Å². The summed E-state index contributed by atoms with van der Waals surface area (Å²) in [5.74, 6) is -0.0460. The van der Waals surface area contributed by atoms with E-state index in [2.05, 4.69) is 5.32 Å². The molecule has 3 nitrogen and oxygen atoms in total. The van der Waals surface area contributed by atoms with E-state index in [0.717, 1.165) is 5.56 Å². The van der Waals surface area contributed by atoms with Crippen molar-refractivity contribution in [3.05, 3.63) is 40.9 Å². The highest BCUT2D eigenvalue weighted by Gasteiger charge is 2.13. The molecule has 1 aromatic carbocycles. The van der Waals surface area contributed by atoms with Crippen LogP contribution in [0, 0.1) is 5.92 Å². The normalized spacial score (nSPS) is 12.9. The summed E-state index contributed by atoms with van der Waals surface area (Å²) >= 11 is 5.97. The first-order valence-electron chi connectivity index (χ1n) is 5.88. The lowest BCUT2D eigenvalue weighted by Crippen LogP contribution is -2.40. The van der Waals surface area contributed by atoms with Crippen LogP contribution in [0.5, 0.6) is 0 Å². The number of carbonyl (C=O) groups excluding carboxylic acids is 1. The topological polar surface area (TPSA) is 49.3 Å². The maximum Gasteiger partial charge on any atom is 0.244 e. The number of rotatable bonds is 5. The SMILES string of the molecule is CC(C)[C@@H](CO)NC(=O)C=Cc1ccccc1Cl. The molecule has 0 aliphatic rings. The summed E-state index contributed by atoms with van der Waals surface area (Å²) in [4.78, 5) is 11.6. The Labute approximate surface area is 112 Å². The van der Waals surface area contributed by atoms with Crippen molar-refractivity contribution in [2.75, 3.05) is 6.61 Å². The first kappa shape index (κ1) is 14.7. The zero-order chi connectivity index (χ0) is 13.5. The fourth-order valence-electron chi connectivity index (χ4n) is 1.43. The van der Waals surface area contributed by atoms with Gasteiger partial charge in [0, 0.05) is 11.1 Å². The van der Waals surface area contributed by atoms with Crippen LogP contribution < -0.4 is 5.32 Å². The summed E-state index contributed by atoms with van der Waals surface area (Å²) in [6, 6.07) is 7.06. The lowest BCUT2D eigenvalue weighted by Gasteiger charge is -2.18. The lowest BCUT2D eigenvalue weighted by molar-refractivity contribution is -0.117. The molecule has 18 heavy (non-hydrogen) atoms. The Bertz CT molecular complexity index is 430. The first-order valence-corrected chi connectivity index (χ1v) is 6.26. The molecule has 0 aromatic heterocycles. The molecule has 1 aromatic rings. The van der Waals surface area contributed by atoms with E-state index in [1.807, 2.05) is 32.0 Å². The number of amides is 1. The van der Waals surface area contributed by atoms with Crippen LogP contribution in [0.15, 0.2) is 30.3 Å². The molecular weight excluding hydrogens is 250 g/mol. The highest BCUT2D eigenvalue weighted by Crippen LogP contribution is 2.16. The fourth-order valence-corrected chi connectivity index (χ4v) is 1.63. The van der Waals surface area contributed by atoms with Gasteiger partial charge in [-0.1, -0.05) is 43.6 Å². The molecular formula is C14H18ClNO2. The van der Waals surface area contributed by atoms with E-state index in [0.29, 0.717) is 5.02 Å². The summed E-state index contributed by atoms with van der Waals surface area (Å²) < 4.78 is 0. The second-order valence-corrected chi connectivity index (χ2v) is 4.80. The largest absolute Gasteiger partial charge is 0.394 e. The Kier molecular flexibility index (Phi) is 5.89. The van der Waals surface area contributed by atoms with Gasteiger partial charge in [0.05, 0.1) is 12.6 Å². The Morgan fingerprint density at radius 3 is 2.67 bits per heavy atom. The molecule has 1 amide bonds. The monoisotopic (exact) mass is 267 g/mol. The van der Waals surface area contributed by atoms with E-state index < -0.39 is 0 Å². The van der Waals surface area contributed by atoms with Gasteiger partial charge in [0.25, 0.3) is 0 Å². The van der Waals surface area contributed by atoms with Crippen LogP contribution >= 0.6 is 11.6 Å². The Hall–Kier alpha value is -1.32. The summed E-state index contributed by atoms with van der Waals surface area (Å²) in [6.07, 6.45) is 3.08. The minimum atomic E-state index is -0.234. The molecule has 0 saturated carbocycles. The molecule has 0 radical (unpaired) electrons. The number of hydrogen-bond donors (Lipinski definition) is 2. The summed E-state index contributed by atoms with van der Waals surface area (Å²) in [7, 11) is 0. The van der Waals surface area contributed by atoms with Gasteiger partial charge < -0.3 is 10.4 Å². The lowest BCUT2D eigenvalue weighted by atomic mass is 10.1. The standard InChI is InChI=1S/C14H18ClNO2/c1-10(2)13(9-17)16-14(18)8-7-11-5-3-4-6-12(11)15/h3-8,10,13,17H,9H2,1-2H3,(H,16,18)/t13-/m1/s1. The van der Waals surface area contributed by atoms with Crippen LogP contribution in [-0.4, -0.2) is 23.7 Å². The van der Waals surface area contributed by atoms with Gasteiger partial charge in [0.2, 0.25) is 5.91 Å². The molecule has 0 heterocycles. The molecule has 0 unspecified atom stereocenters. The van der Waals surface area contributed by atoms with Crippen LogP contribution in [0.2, 0.25) is 5.02 Å². The maximum absolute atomic E-state index is 11.6. The van der Waals surface area contributed by atoms with Gasteiger partial charge in [-0.25, -0.2) is 0 Å². The quantitative estimate of drug-likeness (QED) is 0.806. The summed E-state index contributed by atoms with van der Waals surface area (Å²) in [5.41, 5.74) is 0.791. The molecule has 0 fully saturated rings. The van der Waals surface area contributed by atoms with Crippen LogP contribution in [0.25, 0.3) is 6.08 Å². The van der Waals surface area contributed by atoms with Gasteiger partial charge in [0.15, 0.2) is 0 Å². The van der Waals surface area contributed by atoms with Crippen molar-refractivity contribution in [3.63, 3.8) is 0 Å². The second-order valence-electron chi connectivity index (χ2n) is 4.40. The van der Waals surface area contributed by atoms with Crippen LogP contribution in [0.1, 0.15) is 19.4 Å². The van der Waals surface area contributed by atoms with Crippen molar-refractivity contribution >= 4 is 23.6 Å². The predicted octanol–water partition coefficient (Wildman–Crippen LogP) is 2.49. The second kappa shape index (κ2) is 7.19. The van der Waals surface area contributed by atoms with Crippen LogP contribution in [-0.2, 0) is 4.79 Å². The zero-order valence-electron chi connectivity index (χ0n) is 10.6. The summed E-state index contributed by atoms with van der Waals surface area (Å²) in [6.45, 7) is 3.82. The van der Waals surface area contributed by atoms with E-state index in [-0.39, 0.29) is 24.5 Å². The molecule has 1 rings (SSSR count).